The Kier molecular flexibility index (Phi) is 9.22. The van der Waals surface area contributed by atoms with Gasteiger partial charge in [0.05, 0.1) is 0 Å². The molecule has 5 N–H and O–H groups in total. The summed E-state index contributed by atoms with van der Waals surface area (Å²) in [6, 6.07) is -1.00. The molecule has 0 aromatic carbocycles. The zero-order valence-electron chi connectivity index (χ0n) is 10.9. The summed E-state index contributed by atoms with van der Waals surface area (Å²) < 4.78 is 0. The Bertz CT molecular complexity index is 258. The number of aliphatic carboxylic acids is 1. The Balaban J connectivity index is 4.04. The summed E-state index contributed by atoms with van der Waals surface area (Å²) in [5.41, 5.74) is 5.47. The van der Waals surface area contributed by atoms with Crippen LogP contribution in [0.3, 0.4) is 0 Å². The first-order chi connectivity index (χ1) is 8.54. The molecule has 6 heteroatoms. The molecule has 1 amide bonds. The average molecular weight is 260 g/mol. The number of carboxylic acid groups (broad SMARTS) is 1. The number of carbonyl (C=O) groups is 2. The minimum absolute atomic E-state index is 0.0288. The second-order valence-corrected chi connectivity index (χ2v) is 4.36. The van der Waals surface area contributed by atoms with Crippen LogP contribution in [-0.4, -0.2) is 41.3 Å². The summed E-state index contributed by atoms with van der Waals surface area (Å²) in [5.74, 6) is -1.00. The lowest BCUT2D eigenvalue weighted by molar-refractivity contribution is -0.142. The largest absolute Gasteiger partial charge is 0.480 e. The fourth-order valence-corrected chi connectivity index (χ4v) is 1.78. The number of amides is 1. The molecule has 0 rings (SSSR count). The molecule has 18 heavy (non-hydrogen) atoms. The van der Waals surface area contributed by atoms with E-state index in [1.54, 1.807) is 0 Å². The van der Waals surface area contributed by atoms with Crippen molar-refractivity contribution < 1.29 is 19.8 Å². The van der Waals surface area contributed by atoms with E-state index in [0.29, 0.717) is 25.3 Å². The maximum absolute atomic E-state index is 11.6. The van der Waals surface area contributed by atoms with E-state index in [0.717, 1.165) is 12.8 Å². The first kappa shape index (κ1) is 16.9. The predicted octanol–water partition coefficient (Wildman–Crippen LogP) is 0.0934. The summed E-state index contributed by atoms with van der Waals surface area (Å²) in [6.45, 7) is 2.38. The third kappa shape index (κ3) is 7.24. The van der Waals surface area contributed by atoms with Crippen molar-refractivity contribution >= 4 is 11.9 Å². The number of hydrogen-bond acceptors (Lipinski definition) is 4. The number of nitrogens with one attached hydrogen (secondary N) is 1. The van der Waals surface area contributed by atoms with Crippen molar-refractivity contribution in [2.45, 2.75) is 45.1 Å². The second kappa shape index (κ2) is 9.85. The predicted molar refractivity (Wildman–Crippen MR) is 68.0 cm³/mol. The maximum Gasteiger partial charge on any atom is 0.326 e. The molecule has 106 valence electrons. The standard InChI is InChI=1S/C12H24N2O4/c1-2-9(5-7-13)3-4-11(16)14-10(6-8-15)12(17)18/h9-10,15H,2-8,13H2,1H3,(H,14,16)(H,17,18)/t9?,10-/m0/s1. The van der Waals surface area contributed by atoms with Crippen molar-refractivity contribution in [2.24, 2.45) is 11.7 Å². The Morgan fingerprint density at radius 2 is 1.94 bits per heavy atom. The number of nitrogens with two attached hydrogens (primary N) is 1. The highest BCUT2D eigenvalue weighted by atomic mass is 16.4. The number of carboxylic acids is 1. The number of carbonyl (C=O) groups excluding carboxylic acids is 1. The molecular formula is C12H24N2O4. The van der Waals surface area contributed by atoms with E-state index in [2.05, 4.69) is 5.32 Å². The highest BCUT2D eigenvalue weighted by Gasteiger charge is 2.19. The van der Waals surface area contributed by atoms with E-state index in [-0.39, 0.29) is 18.9 Å². The molecular weight excluding hydrogens is 236 g/mol. The molecule has 0 aromatic rings. The van der Waals surface area contributed by atoms with Crippen LogP contribution in [0.1, 0.15) is 39.0 Å². The van der Waals surface area contributed by atoms with Crippen LogP contribution in [0.2, 0.25) is 0 Å². The number of rotatable bonds is 10. The minimum Gasteiger partial charge on any atom is -0.480 e. The fourth-order valence-electron chi connectivity index (χ4n) is 1.78. The molecule has 1 unspecified atom stereocenters. The molecule has 0 heterocycles. The van der Waals surface area contributed by atoms with Gasteiger partial charge < -0.3 is 21.3 Å². The third-order valence-corrected chi connectivity index (χ3v) is 2.98. The molecule has 6 nitrogen and oxygen atoms in total. The van der Waals surface area contributed by atoms with Gasteiger partial charge in [-0.05, 0) is 25.3 Å². The van der Waals surface area contributed by atoms with Crippen molar-refractivity contribution in [3.8, 4) is 0 Å². The van der Waals surface area contributed by atoms with Gasteiger partial charge in [0.2, 0.25) is 5.91 Å². The lowest BCUT2D eigenvalue weighted by Gasteiger charge is -2.16. The molecule has 0 aliphatic rings. The second-order valence-electron chi connectivity index (χ2n) is 4.36. The van der Waals surface area contributed by atoms with E-state index in [4.69, 9.17) is 15.9 Å². The van der Waals surface area contributed by atoms with Gasteiger partial charge in [0.25, 0.3) is 0 Å². The number of aliphatic hydroxyl groups excluding tert-OH is 1. The highest BCUT2D eigenvalue weighted by Crippen LogP contribution is 2.14. The molecule has 0 aromatic heterocycles. The molecule has 0 radical (unpaired) electrons. The normalized spacial score (nSPS) is 13.9. The Morgan fingerprint density at radius 3 is 2.39 bits per heavy atom. The molecule has 0 bridgehead atoms. The van der Waals surface area contributed by atoms with Gasteiger partial charge in [-0.2, -0.15) is 0 Å². The van der Waals surface area contributed by atoms with Crippen LogP contribution in [0.15, 0.2) is 0 Å². The summed E-state index contributed by atoms with van der Waals surface area (Å²) in [4.78, 5) is 22.3. The minimum atomic E-state index is -1.12. The SMILES string of the molecule is CCC(CCN)CCC(=O)N[C@@H](CCO)C(=O)O. The van der Waals surface area contributed by atoms with Gasteiger partial charge >= 0.3 is 5.97 Å². The molecule has 0 saturated heterocycles. The van der Waals surface area contributed by atoms with Crippen LogP contribution >= 0.6 is 0 Å². The van der Waals surface area contributed by atoms with Crippen LogP contribution in [-0.2, 0) is 9.59 Å². The maximum atomic E-state index is 11.6. The van der Waals surface area contributed by atoms with Gasteiger partial charge in [0.15, 0.2) is 0 Å². The summed E-state index contributed by atoms with van der Waals surface area (Å²) in [6.07, 6.45) is 2.88. The van der Waals surface area contributed by atoms with Crippen molar-refractivity contribution in [3.05, 3.63) is 0 Å². The Hall–Kier alpha value is -1.14. The zero-order chi connectivity index (χ0) is 14.0. The molecule has 0 aliphatic carbocycles. The Labute approximate surface area is 108 Å². The Morgan fingerprint density at radius 1 is 1.28 bits per heavy atom. The lowest BCUT2D eigenvalue weighted by Crippen LogP contribution is -2.41. The van der Waals surface area contributed by atoms with Crippen LogP contribution in [0.5, 0.6) is 0 Å². The molecule has 2 atom stereocenters. The molecule has 0 saturated carbocycles. The van der Waals surface area contributed by atoms with Gasteiger partial charge in [-0.3, -0.25) is 4.79 Å². The first-order valence-corrected chi connectivity index (χ1v) is 6.38. The van der Waals surface area contributed by atoms with Crippen LogP contribution in [0.4, 0.5) is 0 Å². The van der Waals surface area contributed by atoms with Gasteiger partial charge in [0, 0.05) is 19.4 Å². The van der Waals surface area contributed by atoms with E-state index < -0.39 is 12.0 Å². The fraction of sp³-hybridized carbons (Fsp3) is 0.833. The lowest BCUT2D eigenvalue weighted by atomic mass is 9.96. The van der Waals surface area contributed by atoms with Gasteiger partial charge in [0.1, 0.15) is 6.04 Å². The van der Waals surface area contributed by atoms with E-state index in [9.17, 15) is 9.59 Å². The molecule has 0 aliphatic heterocycles. The van der Waals surface area contributed by atoms with Crippen molar-refractivity contribution in [1.82, 2.24) is 5.32 Å². The van der Waals surface area contributed by atoms with E-state index in [1.807, 2.05) is 6.92 Å². The summed E-state index contributed by atoms with van der Waals surface area (Å²) in [7, 11) is 0. The van der Waals surface area contributed by atoms with Crippen molar-refractivity contribution in [2.75, 3.05) is 13.2 Å². The first-order valence-electron chi connectivity index (χ1n) is 6.38. The summed E-state index contributed by atoms with van der Waals surface area (Å²) in [5, 5.41) is 19.9. The third-order valence-electron chi connectivity index (χ3n) is 2.98. The van der Waals surface area contributed by atoms with E-state index in [1.165, 1.54) is 0 Å². The summed E-state index contributed by atoms with van der Waals surface area (Å²) >= 11 is 0. The zero-order valence-corrected chi connectivity index (χ0v) is 10.9. The van der Waals surface area contributed by atoms with Gasteiger partial charge in [-0.15, -0.1) is 0 Å². The topological polar surface area (TPSA) is 113 Å². The highest BCUT2D eigenvalue weighted by molar-refractivity contribution is 5.83. The average Bonchev–Trinajstić information content (AvgIpc) is 2.33. The van der Waals surface area contributed by atoms with Crippen LogP contribution in [0, 0.1) is 5.92 Å². The number of aliphatic hydroxyl groups is 1. The van der Waals surface area contributed by atoms with Crippen LogP contribution < -0.4 is 11.1 Å². The number of hydrogen-bond donors (Lipinski definition) is 4. The van der Waals surface area contributed by atoms with Gasteiger partial charge in [-0.25, -0.2) is 4.79 Å². The van der Waals surface area contributed by atoms with Gasteiger partial charge in [-0.1, -0.05) is 13.3 Å². The van der Waals surface area contributed by atoms with Crippen molar-refractivity contribution in [3.63, 3.8) is 0 Å². The smallest absolute Gasteiger partial charge is 0.326 e. The molecule has 0 spiro atoms. The monoisotopic (exact) mass is 260 g/mol. The van der Waals surface area contributed by atoms with E-state index >= 15 is 0 Å². The van der Waals surface area contributed by atoms with Crippen LogP contribution in [0.25, 0.3) is 0 Å². The quantitative estimate of drug-likeness (QED) is 0.445. The van der Waals surface area contributed by atoms with Crippen molar-refractivity contribution in [1.29, 1.82) is 0 Å². The molecule has 0 fully saturated rings.